The highest BCUT2D eigenvalue weighted by molar-refractivity contribution is 5.86. The molecular formula is C29H20N2O2. The van der Waals surface area contributed by atoms with Gasteiger partial charge in [-0.25, -0.2) is 9.59 Å². The summed E-state index contributed by atoms with van der Waals surface area (Å²) in [7, 11) is 0. The van der Waals surface area contributed by atoms with E-state index in [2.05, 4.69) is 70.6 Å². The molecule has 5 rings (SSSR count). The predicted octanol–water partition coefficient (Wildman–Crippen LogP) is 6.60. The molecule has 0 unspecified atom stereocenters. The molecule has 0 fully saturated rings. The van der Waals surface area contributed by atoms with Gasteiger partial charge in [0, 0.05) is 0 Å². The summed E-state index contributed by atoms with van der Waals surface area (Å²) in [5.41, 5.74) is 9.34. The van der Waals surface area contributed by atoms with E-state index >= 15 is 0 Å². The zero-order chi connectivity index (χ0) is 23.0. The van der Waals surface area contributed by atoms with Crippen LogP contribution in [0.5, 0.6) is 0 Å². The molecule has 1 aliphatic carbocycles. The van der Waals surface area contributed by atoms with Crippen LogP contribution in [0.15, 0.2) is 94.9 Å². The molecule has 0 bridgehead atoms. The smallest absolute Gasteiger partial charge is 0.211 e. The molecule has 0 saturated heterocycles. The van der Waals surface area contributed by atoms with Crippen LogP contribution in [0, 0.1) is 13.8 Å². The molecule has 4 aromatic rings. The summed E-state index contributed by atoms with van der Waals surface area (Å²) in [6, 6.07) is 28.9. The maximum Gasteiger partial charge on any atom is 0.240 e. The van der Waals surface area contributed by atoms with E-state index < -0.39 is 5.41 Å². The van der Waals surface area contributed by atoms with Gasteiger partial charge in [0.1, 0.15) is 0 Å². The van der Waals surface area contributed by atoms with Crippen molar-refractivity contribution >= 4 is 23.5 Å². The van der Waals surface area contributed by atoms with Gasteiger partial charge in [0.15, 0.2) is 0 Å². The van der Waals surface area contributed by atoms with Crippen LogP contribution in [0.1, 0.15) is 33.4 Å². The van der Waals surface area contributed by atoms with E-state index in [1.54, 1.807) is 12.2 Å². The third-order valence-corrected chi connectivity index (χ3v) is 6.54. The molecule has 0 atom stereocenters. The first-order valence-electron chi connectivity index (χ1n) is 10.7. The summed E-state index contributed by atoms with van der Waals surface area (Å²) in [6.07, 6.45) is 3.29. The van der Waals surface area contributed by atoms with Crippen LogP contribution in [-0.4, -0.2) is 12.2 Å². The van der Waals surface area contributed by atoms with Gasteiger partial charge in [0.25, 0.3) is 0 Å². The molecule has 0 spiro atoms. The van der Waals surface area contributed by atoms with Crippen molar-refractivity contribution in [2.75, 3.05) is 0 Å². The first-order chi connectivity index (χ1) is 16.1. The van der Waals surface area contributed by atoms with Crippen molar-refractivity contribution in [3.05, 3.63) is 118 Å². The highest BCUT2D eigenvalue weighted by Crippen LogP contribution is 2.56. The standard InChI is InChI=1S/C29H20N2O2/c1-19-15-21(11-13-27(19)30-17-32)29(22-12-14-28(31-18-33)20(2)16-22)25-9-5-3-7-23(25)24-8-4-6-10-26(24)29/h3-16H,1-2H3. The molecule has 0 aliphatic heterocycles. The van der Waals surface area contributed by atoms with Gasteiger partial charge in [-0.1, -0.05) is 72.8 Å². The highest BCUT2D eigenvalue weighted by atomic mass is 16.1. The summed E-state index contributed by atoms with van der Waals surface area (Å²) in [6.45, 7) is 3.90. The number of isocyanates is 2. The summed E-state index contributed by atoms with van der Waals surface area (Å²) < 4.78 is 0. The minimum atomic E-state index is -0.574. The number of fused-ring (bicyclic) bond motifs is 3. The number of benzene rings is 4. The van der Waals surface area contributed by atoms with Gasteiger partial charge in [-0.2, -0.15) is 9.98 Å². The molecule has 0 saturated carbocycles. The van der Waals surface area contributed by atoms with Crippen molar-refractivity contribution in [3.63, 3.8) is 0 Å². The Hall–Kier alpha value is -4.36. The van der Waals surface area contributed by atoms with Gasteiger partial charge in [-0.3, -0.25) is 0 Å². The Morgan fingerprint density at radius 3 is 1.42 bits per heavy atom. The SMILES string of the molecule is Cc1cc(C2(c3ccc(N=C=O)c(C)c3)c3ccccc3-c3ccccc32)ccc1N=C=O. The zero-order valence-electron chi connectivity index (χ0n) is 18.3. The van der Waals surface area contributed by atoms with Crippen molar-refractivity contribution in [2.45, 2.75) is 19.3 Å². The van der Waals surface area contributed by atoms with Gasteiger partial charge in [-0.05, 0) is 70.5 Å². The Bertz CT molecular complexity index is 1390. The topological polar surface area (TPSA) is 58.9 Å². The molecule has 158 valence electrons. The summed E-state index contributed by atoms with van der Waals surface area (Å²) in [5, 5.41) is 0. The Balaban J connectivity index is 1.91. The van der Waals surface area contributed by atoms with Gasteiger partial charge < -0.3 is 0 Å². The van der Waals surface area contributed by atoms with Gasteiger partial charge in [-0.15, -0.1) is 0 Å². The molecule has 0 amide bonds. The van der Waals surface area contributed by atoms with E-state index in [0.717, 1.165) is 22.3 Å². The lowest BCUT2D eigenvalue weighted by Gasteiger charge is -2.34. The normalized spacial score (nSPS) is 12.8. The van der Waals surface area contributed by atoms with E-state index in [1.165, 1.54) is 22.3 Å². The van der Waals surface area contributed by atoms with E-state index in [9.17, 15) is 9.59 Å². The lowest BCUT2D eigenvalue weighted by molar-refractivity contribution is 0.564. The summed E-state index contributed by atoms with van der Waals surface area (Å²) in [5.74, 6) is 0. The van der Waals surface area contributed by atoms with Crippen molar-refractivity contribution in [2.24, 2.45) is 9.98 Å². The average Bonchev–Trinajstić information content (AvgIpc) is 3.13. The quantitative estimate of drug-likeness (QED) is 0.239. The lowest BCUT2D eigenvalue weighted by atomic mass is 9.67. The van der Waals surface area contributed by atoms with Crippen molar-refractivity contribution in [1.29, 1.82) is 0 Å². The molecule has 0 heterocycles. The van der Waals surface area contributed by atoms with Crippen LogP contribution in [0.25, 0.3) is 11.1 Å². The van der Waals surface area contributed by atoms with Gasteiger partial charge >= 0.3 is 0 Å². The minimum Gasteiger partial charge on any atom is -0.211 e. The molecule has 0 aromatic heterocycles. The van der Waals surface area contributed by atoms with Crippen LogP contribution in [0.4, 0.5) is 11.4 Å². The van der Waals surface area contributed by atoms with Crippen LogP contribution >= 0.6 is 0 Å². The van der Waals surface area contributed by atoms with Gasteiger partial charge in [0.05, 0.1) is 16.8 Å². The number of aryl methyl sites for hydroxylation is 2. The van der Waals surface area contributed by atoms with Crippen molar-refractivity contribution < 1.29 is 9.59 Å². The highest BCUT2D eigenvalue weighted by Gasteiger charge is 2.46. The van der Waals surface area contributed by atoms with Crippen molar-refractivity contribution in [1.82, 2.24) is 0 Å². The molecule has 0 radical (unpaired) electrons. The fourth-order valence-corrected chi connectivity index (χ4v) is 5.15. The number of hydrogen-bond donors (Lipinski definition) is 0. The minimum absolute atomic E-state index is 0.574. The second-order valence-corrected chi connectivity index (χ2v) is 8.25. The first-order valence-corrected chi connectivity index (χ1v) is 10.7. The van der Waals surface area contributed by atoms with Gasteiger partial charge in [0.2, 0.25) is 12.2 Å². The largest absolute Gasteiger partial charge is 0.240 e. The van der Waals surface area contributed by atoms with Crippen LogP contribution in [0.2, 0.25) is 0 Å². The average molecular weight is 428 g/mol. The number of aliphatic imine (C=N–C) groups is 2. The fourth-order valence-electron chi connectivity index (χ4n) is 5.15. The fraction of sp³-hybridized carbons (Fsp3) is 0.103. The number of carbonyl (C=O) groups excluding carboxylic acids is 2. The van der Waals surface area contributed by atoms with E-state index in [1.807, 2.05) is 38.1 Å². The molecule has 33 heavy (non-hydrogen) atoms. The Morgan fingerprint density at radius 1 is 0.606 bits per heavy atom. The molecule has 0 N–H and O–H groups in total. The third-order valence-electron chi connectivity index (χ3n) is 6.54. The molecule has 4 heteroatoms. The third kappa shape index (κ3) is 3.01. The van der Waals surface area contributed by atoms with Crippen LogP contribution in [0.3, 0.4) is 0 Å². The van der Waals surface area contributed by atoms with Crippen molar-refractivity contribution in [3.8, 4) is 11.1 Å². The molecule has 4 nitrogen and oxygen atoms in total. The second-order valence-electron chi connectivity index (χ2n) is 8.25. The molecule has 1 aliphatic rings. The van der Waals surface area contributed by atoms with Crippen LogP contribution in [-0.2, 0) is 15.0 Å². The number of hydrogen-bond acceptors (Lipinski definition) is 4. The van der Waals surface area contributed by atoms with E-state index in [4.69, 9.17) is 0 Å². The Labute approximate surface area is 192 Å². The summed E-state index contributed by atoms with van der Waals surface area (Å²) in [4.78, 5) is 29.4. The first kappa shape index (κ1) is 20.5. The number of rotatable bonds is 4. The predicted molar refractivity (Wildman–Crippen MR) is 129 cm³/mol. The monoisotopic (exact) mass is 428 g/mol. The van der Waals surface area contributed by atoms with E-state index in [-0.39, 0.29) is 0 Å². The maximum absolute atomic E-state index is 10.9. The lowest BCUT2D eigenvalue weighted by Crippen LogP contribution is -2.28. The molecule has 4 aromatic carbocycles. The Morgan fingerprint density at radius 2 is 1.03 bits per heavy atom. The van der Waals surface area contributed by atoms with Crippen LogP contribution < -0.4 is 0 Å². The Kier molecular flexibility index (Phi) is 4.95. The summed E-state index contributed by atoms with van der Waals surface area (Å²) >= 11 is 0. The maximum atomic E-state index is 10.9. The second kappa shape index (κ2) is 7.96. The molecular weight excluding hydrogens is 408 g/mol. The zero-order valence-corrected chi connectivity index (χ0v) is 18.3. The number of nitrogens with zero attached hydrogens (tertiary/aromatic N) is 2. The van der Waals surface area contributed by atoms with E-state index in [0.29, 0.717) is 11.4 Å².